The van der Waals surface area contributed by atoms with Crippen LogP contribution in [0.25, 0.3) is 0 Å². The maximum absolute atomic E-state index is 6.27. The second-order valence-corrected chi connectivity index (χ2v) is 7.82. The molecule has 0 saturated carbocycles. The quantitative estimate of drug-likeness (QED) is 0.396. The summed E-state index contributed by atoms with van der Waals surface area (Å²) in [4.78, 5) is 12.0. The molecular formula is C21H36IN5. The molecule has 3 rings (SSSR count). The first kappa shape index (κ1) is 22.4. The predicted molar refractivity (Wildman–Crippen MR) is 125 cm³/mol. The second kappa shape index (κ2) is 11.2. The monoisotopic (exact) mass is 485 g/mol. The van der Waals surface area contributed by atoms with Gasteiger partial charge in [-0.2, -0.15) is 0 Å². The Balaban J connectivity index is 0.00000261. The van der Waals surface area contributed by atoms with Crippen LogP contribution in [0.4, 0.5) is 0 Å². The number of likely N-dealkylation sites (N-methyl/N-ethyl adjacent to an activating group) is 1. The summed E-state index contributed by atoms with van der Waals surface area (Å²) in [6, 6.07) is 8.70. The van der Waals surface area contributed by atoms with Crippen LogP contribution in [0.3, 0.4) is 0 Å². The second-order valence-electron chi connectivity index (χ2n) is 7.82. The molecule has 0 amide bonds. The molecule has 0 atom stereocenters. The van der Waals surface area contributed by atoms with Crippen molar-refractivity contribution in [2.75, 3.05) is 45.8 Å². The summed E-state index contributed by atoms with van der Waals surface area (Å²) in [7, 11) is 0. The van der Waals surface area contributed by atoms with E-state index in [4.69, 9.17) is 10.7 Å². The van der Waals surface area contributed by atoms with Crippen LogP contribution >= 0.6 is 24.0 Å². The molecule has 5 nitrogen and oxygen atoms in total. The van der Waals surface area contributed by atoms with Gasteiger partial charge in [-0.05, 0) is 36.4 Å². The van der Waals surface area contributed by atoms with Gasteiger partial charge in [0.2, 0.25) is 0 Å². The smallest absolute Gasteiger partial charge is 0.191 e. The van der Waals surface area contributed by atoms with Gasteiger partial charge in [-0.3, -0.25) is 4.90 Å². The molecule has 2 heterocycles. The van der Waals surface area contributed by atoms with E-state index >= 15 is 0 Å². The number of guanidine groups is 1. The third-order valence-corrected chi connectivity index (χ3v) is 5.94. The van der Waals surface area contributed by atoms with E-state index in [0.29, 0.717) is 12.5 Å². The lowest BCUT2D eigenvalue weighted by Crippen LogP contribution is -2.45. The summed E-state index contributed by atoms with van der Waals surface area (Å²) in [5, 5.41) is 0. The molecule has 0 aliphatic carbocycles. The fourth-order valence-electron chi connectivity index (χ4n) is 3.87. The number of piperidine rings is 1. The van der Waals surface area contributed by atoms with Crippen molar-refractivity contribution in [3.63, 3.8) is 0 Å². The molecular weight excluding hydrogens is 449 g/mol. The van der Waals surface area contributed by atoms with Crippen molar-refractivity contribution >= 4 is 29.9 Å². The Hall–Kier alpha value is -0.860. The Morgan fingerprint density at radius 2 is 1.59 bits per heavy atom. The number of halogens is 1. The number of piperazine rings is 1. The molecule has 0 aromatic heterocycles. The fourth-order valence-corrected chi connectivity index (χ4v) is 3.87. The molecule has 27 heavy (non-hydrogen) atoms. The summed E-state index contributed by atoms with van der Waals surface area (Å²) in [6.07, 6.45) is 2.44. The molecule has 2 aliphatic rings. The van der Waals surface area contributed by atoms with E-state index in [1.165, 1.54) is 37.1 Å². The summed E-state index contributed by atoms with van der Waals surface area (Å²) in [5.74, 6) is 1.52. The number of hydrogen-bond acceptors (Lipinski definition) is 3. The van der Waals surface area contributed by atoms with Crippen molar-refractivity contribution in [2.24, 2.45) is 16.6 Å². The van der Waals surface area contributed by atoms with Crippen LogP contribution in [0.15, 0.2) is 29.3 Å². The molecule has 0 bridgehead atoms. The topological polar surface area (TPSA) is 48.1 Å². The maximum atomic E-state index is 6.27. The van der Waals surface area contributed by atoms with E-state index in [1.54, 1.807) is 0 Å². The minimum atomic E-state index is 0. The fraction of sp³-hybridized carbons (Fsp3) is 0.667. The number of hydrogen-bond donors (Lipinski definition) is 1. The van der Waals surface area contributed by atoms with Crippen molar-refractivity contribution < 1.29 is 0 Å². The van der Waals surface area contributed by atoms with Crippen LogP contribution < -0.4 is 5.73 Å². The first-order chi connectivity index (χ1) is 12.7. The van der Waals surface area contributed by atoms with Crippen LogP contribution in [0, 0.1) is 5.92 Å². The Morgan fingerprint density at radius 1 is 1.00 bits per heavy atom. The molecule has 152 valence electrons. The molecule has 2 aliphatic heterocycles. The minimum absolute atomic E-state index is 0. The number of nitrogens with zero attached hydrogens (tertiary/aromatic N) is 4. The largest absolute Gasteiger partial charge is 0.370 e. The number of likely N-dealkylation sites (tertiary alicyclic amines) is 1. The zero-order valence-electron chi connectivity index (χ0n) is 16.9. The van der Waals surface area contributed by atoms with Gasteiger partial charge >= 0.3 is 0 Å². The first-order valence-corrected chi connectivity index (χ1v) is 10.2. The molecule has 0 radical (unpaired) electrons. The van der Waals surface area contributed by atoms with Gasteiger partial charge in [0, 0.05) is 45.8 Å². The first-order valence-electron chi connectivity index (χ1n) is 10.2. The highest BCUT2D eigenvalue weighted by atomic mass is 127. The molecule has 0 unspecified atom stereocenters. The predicted octanol–water partition coefficient (Wildman–Crippen LogP) is 2.99. The molecule has 6 heteroatoms. The van der Waals surface area contributed by atoms with Crippen molar-refractivity contribution in [2.45, 2.75) is 39.8 Å². The van der Waals surface area contributed by atoms with Crippen LogP contribution in [0.1, 0.15) is 37.8 Å². The van der Waals surface area contributed by atoms with E-state index in [2.05, 4.69) is 52.8 Å². The Morgan fingerprint density at radius 3 is 2.22 bits per heavy atom. The summed E-state index contributed by atoms with van der Waals surface area (Å²) < 4.78 is 0. The van der Waals surface area contributed by atoms with Gasteiger partial charge in [-0.15, -0.1) is 24.0 Å². The van der Waals surface area contributed by atoms with Crippen LogP contribution in [0.5, 0.6) is 0 Å². The van der Waals surface area contributed by atoms with E-state index in [0.717, 1.165) is 45.2 Å². The zero-order valence-corrected chi connectivity index (χ0v) is 19.3. The molecule has 2 fully saturated rings. The number of aliphatic imine (C=N–C) groups is 1. The molecule has 0 spiro atoms. The van der Waals surface area contributed by atoms with Crippen molar-refractivity contribution in [3.8, 4) is 0 Å². The van der Waals surface area contributed by atoms with Gasteiger partial charge in [-0.1, -0.05) is 38.1 Å². The lowest BCUT2D eigenvalue weighted by atomic mass is 10.00. The van der Waals surface area contributed by atoms with Gasteiger partial charge in [0.15, 0.2) is 5.96 Å². The third-order valence-electron chi connectivity index (χ3n) is 5.94. The SMILES string of the molecule is CCN1CCN(Cc2ccccc2CN=C(N)N2CCC(C)CC2)CC1.I. The molecule has 1 aromatic rings. The van der Waals surface area contributed by atoms with Crippen molar-refractivity contribution in [1.82, 2.24) is 14.7 Å². The van der Waals surface area contributed by atoms with Crippen molar-refractivity contribution in [3.05, 3.63) is 35.4 Å². The summed E-state index contributed by atoms with van der Waals surface area (Å²) >= 11 is 0. The third kappa shape index (κ3) is 6.61. The van der Waals surface area contributed by atoms with Gasteiger partial charge < -0.3 is 15.5 Å². The number of benzene rings is 1. The highest BCUT2D eigenvalue weighted by molar-refractivity contribution is 14.0. The molecule has 1 aromatic carbocycles. The maximum Gasteiger partial charge on any atom is 0.191 e. The minimum Gasteiger partial charge on any atom is -0.370 e. The van der Waals surface area contributed by atoms with E-state index in [-0.39, 0.29) is 24.0 Å². The van der Waals surface area contributed by atoms with Gasteiger partial charge in [0.1, 0.15) is 0 Å². The summed E-state index contributed by atoms with van der Waals surface area (Å²) in [5.41, 5.74) is 8.96. The number of nitrogens with two attached hydrogens (primary N) is 1. The Kier molecular flexibility index (Phi) is 9.32. The normalized spacial score (nSPS) is 20.5. The highest BCUT2D eigenvalue weighted by Crippen LogP contribution is 2.17. The number of rotatable bonds is 5. The average molecular weight is 485 g/mol. The highest BCUT2D eigenvalue weighted by Gasteiger charge is 2.18. The Labute approximate surface area is 182 Å². The van der Waals surface area contributed by atoms with E-state index in [9.17, 15) is 0 Å². The summed E-state index contributed by atoms with van der Waals surface area (Å²) in [6.45, 7) is 14.2. The van der Waals surface area contributed by atoms with Crippen LogP contribution in [0.2, 0.25) is 0 Å². The van der Waals surface area contributed by atoms with Gasteiger partial charge in [0.05, 0.1) is 6.54 Å². The van der Waals surface area contributed by atoms with E-state index < -0.39 is 0 Å². The van der Waals surface area contributed by atoms with Crippen LogP contribution in [-0.4, -0.2) is 66.5 Å². The van der Waals surface area contributed by atoms with Crippen molar-refractivity contribution in [1.29, 1.82) is 0 Å². The lowest BCUT2D eigenvalue weighted by molar-refractivity contribution is 0.131. The molecule has 2 saturated heterocycles. The standard InChI is InChI=1S/C21H35N5.HI/c1-3-24-12-14-25(15-13-24)17-20-7-5-4-6-19(20)16-23-21(22)26-10-8-18(2)9-11-26;/h4-7,18H,3,8-17H2,1-2H3,(H2,22,23);1H. The average Bonchev–Trinajstić information content (AvgIpc) is 2.68. The van der Waals surface area contributed by atoms with Crippen LogP contribution in [-0.2, 0) is 13.1 Å². The van der Waals surface area contributed by atoms with Gasteiger partial charge in [-0.25, -0.2) is 4.99 Å². The van der Waals surface area contributed by atoms with E-state index in [1.807, 2.05) is 0 Å². The molecule has 2 N–H and O–H groups in total. The zero-order chi connectivity index (χ0) is 18.4. The Bertz CT molecular complexity index is 590. The lowest BCUT2D eigenvalue weighted by Gasteiger charge is -2.34. The van der Waals surface area contributed by atoms with Gasteiger partial charge in [0.25, 0.3) is 0 Å².